The van der Waals surface area contributed by atoms with Gasteiger partial charge in [0.2, 0.25) is 0 Å². The molecule has 4 heteroatoms. The Kier molecular flexibility index (Phi) is 3.68. The SMILES string of the molecule is Cc1ccc(NC(=O)c2cc3ccccc3c(=O)n2C2CC2)c(C)c1. The van der Waals surface area contributed by atoms with Crippen LogP contribution in [0.25, 0.3) is 10.8 Å². The van der Waals surface area contributed by atoms with E-state index in [9.17, 15) is 9.59 Å². The van der Waals surface area contributed by atoms with Gasteiger partial charge in [-0.3, -0.25) is 9.59 Å². The summed E-state index contributed by atoms with van der Waals surface area (Å²) in [7, 11) is 0. The van der Waals surface area contributed by atoms with Crippen LogP contribution in [-0.2, 0) is 0 Å². The Hall–Kier alpha value is -2.88. The lowest BCUT2D eigenvalue weighted by molar-refractivity contribution is 0.101. The van der Waals surface area contributed by atoms with Crippen molar-refractivity contribution < 1.29 is 4.79 Å². The van der Waals surface area contributed by atoms with Crippen LogP contribution in [0.15, 0.2) is 53.3 Å². The molecule has 1 aliphatic rings. The van der Waals surface area contributed by atoms with Gasteiger partial charge in [0, 0.05) is 17.1 Å². The highest BCUT2D eigenvalue weighted by molar-refractivity contribution is 6.05. The van der Waals surface area contributed by atoms with Gasteiger partial charge in [-0.05, 0) is 55.8 Å². The molecule has 1 N–H and O–H groups in total. The number of anilines is 1. The highest BCUT2D eigenvalue weighted by Crippen LogP contribution is 2.35. The van der Waals surface area contributed by atoms with E-state index in [2.05, 4.69) is 5.32 Å². The summed E-state index contributed by atoms with van der Waals surface area (Å²) in [6, 6.07) is 15.3. The quantitative estimate of drug-likeness (QED) is 0.781. The number of aromatic nitrogens is 1. The Morgan fingerprint density at radius 1 is 1.08 bits per heavy atom. The van der Waals surface area contributed by atoms with Gasteiger partial charge in [0.25, 0.3) is 11.5 Å². The van der Waals surface area contributed by atoms with Gasteiger partial charge < -0.3 is 9.88 Å². The zero-order valence-corrected chi connectivity index (χ0v) is 14.4. The molecule has 3 aromatic rings. The van der Waals surface area contributed by atoms with E-state index in [4.69, 9.17) is 0 Å². The van der Waals surface area contributed by atoms with Crippen LogP contribution < -0.4 is 10.9 Å². The minimum Gasteiger partial charge on any atom is -0.320 e. The van der Waals surface area contributed by atoms with E-state index in [0.29, 0.717) is 11.1 Å². The lowest BCUT2D eigenvalue weighted by Crippen LogP contribution is -2.28. The summed E-state index contributed by atoms with van der Waals surface area (Å²) < 4.78 is 1.67. The molecule has 0 atom stereocenters. The number of fused-ring (bicyclic) bond motifs is 1. The third-order valence-electron chi connectivity index (χ3n) is 4.74. The summed E-state index contributed by atoms with van der Waals surface area (Å²) in [5, 5.41) is 4.44. The monoisotopic (exact) mass is 332 g/mol. The van der Waals surface area contributed by atoms with E-state index in [1.807, 2.05) is 62.4 Å². The summed E-state index contributed by atoms with van der Waals surface area (Å²) in [5.74, 6) is -0.235. The molecule has 1 aromatic heterocycles. The molecule has 0 bridgehead atoms. The molecule has 126 valence electrons. The molecule has 0 aliphatic heterocycles. The van der Waals surface area contributed by atoms with Crippen molar-refractivity contribution in [3.63, 3.8) is 0 Å². The topological polar surface area (TPSA) is 51.1 Å². The molecule has 0 saturated heterocycles. The van der Waals surface area contributed by atoms with Crippen LogP contribution in [0.1, 0.15) is 40.5 Å². The lowest BCUT2D eigenvalue weighted by atomic mass is 10.1. The zero-order chi connectivity index (χ0) is 17.6. The van der Waals surface area contributed by atoms with Crippen molar-refractivity contribution in [3.8, 4) is 0 Å². The predicted molar refractivity (Wildman–Crippen MR) is 100 cm³/mol. The van der Waals surface area contributed by atoms with Crippen molar-refractivity contribution in [2.75, 3.05) is 5.32 Å². The first-order valence-electron chi connectivity index (χ1n) is 8.57. The Morgan fingerprint density at radius 3 is 2.56 bits per heavy atom. The third kappa shape index (κ3) is 2.84. The fraction of sp³-hybridized carbons (Fsp3) is 0.238. The summed E-state index contributed by atoms with van der Waals surface area (Å²) in [6.45, 7) is 3.99. The largest absolute Gasteiger partial charge is 0.320 e. The molecule has 0 spiro atoms. The van der Waals surface area contributed by atoms with Crippen LogP contribution in [0, 0.1) is 13.8 Å². The molecule has 1 amide bonds. The number of nitrogens with one attached hydrogen (secondary N) is 1. The number of aryl methyl sites for hydroxylation is 2. The van der Waals surface area contributed by atoms with Crippen molar-refractivity contribution in [1.29, 1.82) is 0 Å². The normalized spacial score (nSPS) is 13.8. The average molecular weight is 332 g/mol. The molecule has 1 fully saturated rings. The van der Waals surface area contributed by atoms with Crippen molar-refractivity contribution in [3.05, 3.63) is 75.7 Å². The van der Waals surface area contributed by atoms with Crippen LogP contribution in [0.5, 0.6) is 0 Å². The number of rotatable bonds is 3. The molecule has 2 aromatic carbocycles. The van der Waals surface area contributed by atoms with Crippen LogP contribution in [0.2, 0.25) is 0 Å². The van der Waals surface area contributed by atoms with Gasteiger partial charge in [-0.25, -0.2) is 0 Å². The molecule has 4 rings (SSSR count). The Morgan fingerprint density at radius 2 is 1.84 bits per heavy atom. The number of nitrogens with zero attached hydrogens (tertiary/aromatic N) is 1. The number of hydrogen-bond acceptors (Lipinski definition) is 2. The first kappa shape index (κ1) is 15.6. The number of carbonyl (C=O) groups is 1. The number of carbonyl (C=O) groups excluding carboxylic acids is 1. The predicted octanol–water partition coefficient (Wildman–Crippen LogP) is 4.21. The van der Waals surface area contributed by atoms with E-state index in [1.54, 1.807) is 4.57 Å². The summed E-state index contributed by atoms with van der Waals surface area (Å²) >= 11 is 0. The van der Waals surface area contributed by atoms with E-state index in [1.165, 1.54) is 0 Å². The second-order valence-corrected chi connectivity index (χ2v) is 6.80. The summed E-state index contributed by atoms with van der Waals surface area (Å²) in [6.07, 6.45) is 1.89. The number of benzene rings is 2. The minimum atomic E-state index is -0.235. The molecule has 1 saturated carbocycles. The molecule has 4 nitrogen and oxygen atoms in total. The second-order valence-electron chi connectivity index (χ2n) is 6.80. The first-order valence-corrected chi connectivity index (χ1v) is 8.57. The van der Waals surface area contributed by atoms with Crippen molar-refractivity contribution in [1.82, 2.24) is 4.57 Å². The van der Waals surface area contributed by atoms with Crippen LogP contribution in [0.4, 0.5) is 5.69 Å². The standard InChI is InChI=1S/C21H20N2O2/c1-13-7-10-18(14(2)11-13)22-20(24)19-12-15-5-3-4-6-17(15)21(25)23(19)16-8-9-16/h3-7,10-12,16H,8-9H2,1-2H3,(H,22,24). The smallest absolute Gasteiger partial charge is 0.272 e. The van der Waals surface area contributed by atoms with Crippen molar-refractivity contribution in [2.45, 2.75) is 32.7 Å². The molecular weight excluding hydrogens is 312 g/mol. The maximum absolute atomic E-state index is 12.9. The van der Waals surface area contributed by atoms with Gasteiger partial charge in [-0.1, -0.05) is 35.9 Å². The molecule has 0 unspecified atom stereocenters. The second kappa shape index (κ2) is 5.88. The first-order chi connectivity index (χ1) is 12.0. The minimum absolute atomic E-state index is 0.0774. The summed E-state index contributed by atoms with van der Waals surface area (Å²) in [5.41, 5.74) is 3.29. The van der Waals surface area contributed by atoms with Crippen LogP contribution >= 0.6 is 0 Å². The van der Waals surface area contributed by atoms with Gasteiger partial charge in [0.1, 0.15) is 5.69 Å². The van der Waals surface area contributed by atoms with E-state index >= 15 is 0 Å². The fourth-order valence-corrected chi connectivity index (χ4v) is 3.28. The molecule has 1 heterocycles. The fourth-order valence-electron chi connectivity index (χ4n) is 3.28. The van der Waals surface area contributed by atoms with Gasteiger partial charge in [0.15, 0.2) is 0 Å². The van der Waals surface area contributed by atoms with E-state index in [0.717, 1.165) is 35.0 Å². The van der Waals surface area contributed by atoms with Gasteiger partial charge in [-0.15, -0.1) is 0 Å². The molecular formula is C21H20N2O2. The van der Waals surface area contributed by atoms with Gasteiger partial charge in [-0.2, -0.15) is 0 Å². The molecule has 1 aliphatic carbocycles. The number of pyridine rings is 1. The van der Waals surface area contributed by atoms with E-state index in [-0.39, 0.29) is 17.5 Å². The Bertz CT molecular complexity index is 1050. The Balaban J connectivity index is 1.81. The molecule has 25 heavy (non-hydrogen) atoms. The maximum Gasteiger partial charge on any atom is 0.272 e. The number of amides is 1. The van der Waals surface area contributed by atoms with E-state index < -0.39 is 0 Å². The highest BCUT2D eigenvalue weighted by Gasteiger charge is 2.29. The lowest BCUT2D eigenvalue weighted by Gasteiger charge is -2.15. The zero-order valence-electron chi connectivity index (χ0n) is 14.4. The Labute approximate surface area is 146 Å². The molecule has 0 radical (unpaired) electrons. The van der Waals surface area contributed by atoms with Crippen LogP contribution in [-0.4, -0.2) is 10.5 Å². The average Bonchev–Trinajstić information content (AvgIpc) is 3.42. The van der Waals surface area contributed by atoms with Crippen molar-refractivity contribution >= 4 is 22.4 Å². The van der Waals surface area contributed by atoms with Gasteiger partial charge >= 0.3 is 0 Å². The van der Waals surface area contributed by atoms with Crippen molar-refractivity contribution in [2.24, 2.45) is 0 Å². The maximum atomic E-state index is 12.9. The highest BCUT2D eigenvalue weighted by atomic mass is 16.2. The third-order valence-corrected chi connectivity index (χ3v) is 4.74. The van der Waals surface area contributed by atoms with Gasteiger partial charge in [0.05, 0.1) is 0 Å². The number of hydrogen-bond donors (Lipinski definition) is 1. The van der Waals surface area contributed by atoms with Crippen LogP contribution in [0.3, 0.4) is 0 Å². The summed E-state index contributed by atoms with van der Waals surface area (Å²) in [4.78, 5) is 25.8.